The maximum Gasteiger partial charge on any atom is 0.409 e. The number of likely N-dealkylation sites (N-methyl/N-ethyl adjacent to an activating group) is 2. The quantitative estimate of drug-likeness (QED) is 0.293. The molecular formula is C23H34N2O12. The third-order valence-electron chi connectivity index (χ3n) is 5.26. The summed E-state index contributed by atoms with van der Waals surface area (Å²) in [6, 6.07) is 4.53. The molecule has 5 atom stereocenters. The molecule has 2 rings (SSSR count). The van der Waals surface area contributed by atoms with Crippen LogP contribution in [0.15, 0.2) is 18.2 Å². The summed E-state index contributed by atoms with van der Waals surface area (Å²) in [5, 5.41) is 43.5. The highest BCUT2D eigenvalue weighted by atomic mass is 16.7. The fourth-order valence-electron chi connectivity index (χ4n) is 3.19. The average molecular weight is 532 g/mol. The normalized spacial score (nSPS) is 23.9. The minimum atomic E-state index is -1.89. The molecule has 208 valence electrons. The van der Waals surface area contributed by atoms with Gasteiger partial charge in [-0.3, -0.25) is 0 Å². The second-order valence-electron chi connectivity index (χ2n) is 9.50. The van der Waals surface area contributed by atoms with Crippen molar-refractivity contribution in [1.82, 2.24) is 9.80 Å². The number of amides is 2. The Morgan fingerprint density at radius 3 is 2.30 bits per heavy atom. The van der Waals surface area contributed by atoms with E-state index in [0.29, 0.717) is 5.75 Å². The molecule has 1 saturated heterocycles. The van der Waals surface area contributed by atoms with Crippen molar-refractivity contribution < 1.29 is 58.9 Å². The number of carboxylic acids is 1. The molecule has 0 radical (unpaired) electrons. The van der Waals surface area contributed by atoms with E-state index in [1.165, 1.54) is 31.1 Å². The maximum absolute atomic E-state index is 12.4. The molecule has 0 spiro atoms. The molecular weight excluding hydrogens is 496 g/mol. The largest absolute Gasteiger partial charge is 0.488 e. The molecule has 1 fully saturated rings. The van der Waals surface area contributed by atoms with Crippen LogP contribution in [0.25, 0.3) is 1.43 Å². The minimum Gasteiger partial charge on any atom is -0.488 e. The van der Waals surface area contributed by atoms with E-state index in [2.05, 4.69) is 5.11 Å². The van der Waals surface area contributed by atoms with Gasteiger partial charge in [0, 0.05) is 38.8 Å². The predicted molar refractivity (Wildman–Crippen MR) is 125 cm³/mol. The van der Waals surface area contributed by atoms with E-state index in [0.717, 1.165) is 4.90 Å². The van der Waals surface area contributed by atoms with Gasteiger partial charge in [-0.2, -0.15) is 0 Å². The van der Waals surface area contributed by atoms with Gasteiger partial charge in [0.15, 0.2) is 6.10 Å². The van der Waals surface area contributed by atoms with Crippen LogP contribution in [0.2, 0.25) is 0 Å². The van der Waals surface area contributed by atoms with Crippen LogP contribution in [0.4, 0.5) is 9.59 Å². The zero-order chi connectivity index (χ0) is 28.8. The van der Waals surface area contributed by atoms with Crippen molar-refractivity contribution in [3.05, 3.63) is 23.8 Å². The standard InChI is InChI=1S/C23H34N2O12/c1-23(2,3)37-13-7-6-12(11-34-22(33)25(5)9-8-24(4)21(31)32)14(10-13)35-20-17(28)15(26)16(27)18(36-20)19(29)30/h6-7,10,15-18,20,26-28H,8-9,11H2,1-5H3,(H,29,30)(H,31,32)/t15-,16-,17+,18?,20+/m0/s1/i/hD. The SMILES string of the molecule is [2H]OC(=O)N(C)CCN(C)C(=O)OCc1ccc(OC(C)(C)C)cc1O[C@@H]1OC(C(=O)O)[C@@H](O)[C@H](O)[C@H]1O. The molecule has 1 aliphatic heterocycles. The van der Waals surface area contributed by atoms with E-state index < -0.39 is 54.5 Å². The molecule has 1 aromatic rings. The van der Waals surface area contributed by atoms with E-state index in [1.807, 2.05) is 20.8 Å². The molecule has 1 unspecified atom stereocenters. The number of aliphatic hydroxyl groups is 3. The van der Waals surface area contributed by atoms with Crippen molar-refractivity contribution in [1.29, 1.82) is 1.43 Å². The zero-order valence-electron chi connectivity index (χ0n) is 22.2. The lowest BCUT2D eigenvalue weighted by molar-refractivity contribution is -0.271. The Hall–Kier alpha value is -3.33. The van der Waals surface area contributed by atoms with Crippen LogP contribution < -0.4 is 9.47 Å². The lowest BCUT2D eigenvalue weighted by Gasteiger charge is -2.38. The van der Waals surface area contributed by atoms with Crippen LogP contribution in [-0.4, -0.2) is 117 Å². The third kappa shape index (κ3) is 8.35. The highest BCUT2D eigenvalue weighted by Gasteiger charge is 2.48. The smallest absolute Gasteiger partial charge is 0.409 e. The Bertz CT molecular complexity index is 988. The topological polar surface area (TPSA) is 196 Å². The number of benzene rings is 1. The van der Waals surface area contributed by atoms with Gasteiger partial charge in [-0.15, -0.1) is 0 Å². The summed E-state index contributed by atoms with van der Waals surface area (Å²) in [5.74, 6) is -1.23. The van der Waals surface area contributed by atoms with Gasteiger partial charge in [0.2, 0.25) is 6.29 Å². The molecule has 37 heavy (non-hydrogen) atoms. The highest BCUT2D eigenvalue weighted by Crippen LogP contribution is 2.31. The second-order valence-corrected chi connectivity index (χ2v) is 9.50. The first-order chi connectivity index (χ1) is 17.6. The van der Waals surface area contributed by atoms with Crippen molar-refractivity contribution in [2.24, 2.45) is 0 Å². The number of carbonyl (C=O) groups excluding carboxylic acids is 1. The van der Waals surface area contributed by atoms with Crippen LogP contribution in [0.5, 0.6) is 11.5 Å². The summed E-state index contributed by atoms with van der Waals surface area (Å²) in [5.41, 5.74) is -0.311. The van der Waals surface area contributed by atoms with Gasteiger partial charge in [0.25, 0.3) is 1.43 Å². The van der Waals surface area contributed by atoms with Crippen molar-refractivity contribution in [2.75, 3.05) is 27.2 Å². The van der Waals surface area contributed by atoms with E-state index in [-0.39, 0.29) is 31.0 Å². The van der Waals surface area contributed by atoms with Gasteiger partial charge in [-0.1, -0.05) is 0 Å². The van der Waals surface area contributed by atoms with Gasteiger partial charge in [0.05, 0.1) is 0 Å². The molecule has 14 nitrogen and oxygen atoms in total. The lowest BCUT2D eigenvalue weighted by atomic mass is 9.99. The van der Waals surface area contributed by atoms with Gasteiger partial charge in [-0.05, 0) is 32.9 Å². The van der Waals surface area contributed by atoms with Crippen LogP contribution in [0.1, 0.15) is 26.3 Å². The fourth-order valence-corrected chi connectivity index (χ4v) is 3.19. The Labute approximate surface area is 215 Å². The second kappa shape index (κ2) is 12.3. The number of rotatable bonds is 9. The van der Waals surface area contributed by atoms with Crippen LogP contribution in [0.3, 0.4) is 0 Å². The first-order valence-electron chi connectivity index (χ1n) is 11.7. The third-order valence-corrected chi connectivity index (χ3v) is 5.26. The fraction of sp³-hybridized carbons (Fsp3) is 0.609. The Kier molecular flexibility index (Phi) is 9.37. The monoisotopic (exact) mass is 531 g/mol. The van der Waals surface area contributed by atoms with Gasteiger partial charge in [0.1, 0.15) is 42.0 Å². The maximum atomic E-state index is 12.4. The van der Waals surface area contributed by atoms with Crippen LogP contribution in [0, 0.1) is 0 Å². The van der Waals surface area contributed by atoms with Crippen LogP contribution >= 0.6 is 0 Å². The number of nitrogens with zero attached hydrogens (tertiary/aromatic N) is 2. The van der Waals surface area contributed by atoms with Crippen molar-refractivity contribution in [3.63, 3.8) is 0 Å². The molecule has 0 aromatic heterocycles. The Morgan fingerprint density at radius 1 is 1.05 bits per heavy atom. The van der Waals surface area contributed by atoms with Crippen molar-refractivity contribution >= 4 is 18.2 Å². The first kappa shape index (κ1) is 28.2. The molecule has 14 heteroatoms. The summed E-state index contributed by atoms with van der Waals surface area (Å²) in [4.78, 5) is 37.5. The Morgan fingerprint density at radius 2 is 1.70 bits per heavy atom. The zero-order valence-corrected chi connectivity index (χ0v) is 21.2. The van der Waals surface area contributed by atoms with Crippen LogP contribution in [-0.2, 0) is 20.9 Å². The predicted octanol–water partition coefficient (Wildman–Crippen LogP) is 0.313. The molecule has 1 heterocycles. The average Bonchev–Trinajstić information content (AvgIpc) is 2.84. The molecule has 0 aliphatic carbocycles. The molecule has 5 N–H and O–H groups in total. The summed E-state index contributed by atoms with van der Waals surface area (Å²) < 4.78 is 28.6. The number of hydrogen-bond acceptors (Lipinski definition) is 11. The van der Waals surface area contributed by atoms with E-state index in [1.54, 1.807) is 6.07 Å². The van der Waals surface area contributed by atoms with Gasteiger partial charge < -0.3 is 54.3 Å². The van der Waals surface area contributed by atoms with Crippen molar-refractivity contribution in [3.8, 4) is 11.5 Å². The number of carboxylic acid groups (broad SMARTS) is 2. The summed E-state index contributed by atoms with van der Waals surface area (Å²) in [6.45, 7) is 5.25. The number of aliphatic hydroxyl groups excluding tert-OH is 3. The molecule has 1 aliphatic rings. The van der Waals surface area contributed by atoms with Gasteiger partial charge >= 0.3 is 18.2 Å². The lowest BCUT2D eigenvalue weighted by Crippen LogP contribution is -2.61. The molecule has 2 amide bonds. The minimum absolute atomic E-state index is 0.00286. The highest BCUT2D eigenvalue weighted by molar-refractivity contribution is 5.73. The molecule has 0 bridgehead atoms. The number of aliphatic carboxylic acids is 1. The number of ether oxygens (including phenoxy) is 4. The summed E-state index contributed by atoms with van der Waals surface area (Å²) in [6.07, 6.45) is -10.8. The molecule has 1 aromatic carbocycles. The number of hydrogen-bond donors (Lipinski definition) is 5. The summed E-state index contributed by atoms with van der Waals surface area (Å²) >= 11 is 0. The first-order valence-corrected chi connectivity index (χ1v) is 11.3. The summed E-state index contributed by atoms with van der Waals surface area (Å²) in [7, 11) is 2.83. The Balaban J connectivity index is 2.20. The van der Waals surface area contributed by atoms with Crippen molar-refractivity contribution in [2.45, 2.75) is 63.7 Å². The number of carbonyl (C=O) groups is 3. The van der Waals surface area contributed by atoms with E-state index in [4.69, 9.17) is 20.4 Å². The van der Waals surface area contributed by atoms with Gasteiger partial charge in [-0.25, -0.2) is 14.4 Å². The molecule has 0 saturated carbocycles. The van der Waals surface area contributed by atoms with E-state index >= 15 is 0 Å². The van der Waals surface area contributed by atoms with E-state index in [9.17, 15) is 34.8 Å².